The standard InChI is InChI=1S/C11H13BrClN/c1-14-7-3-2-4-9-5-6-11(13)10(12)8-9/h2,4-6,8,14H,3,7H2,1H3. The van der Waals surface area contributed by atoms with Crippen molar-refractivity contribution >= 4 is 33.6 Å². The lowest BCUT2D eigenvalue weighted by molar-refractivity contribution is 0.809. The minimum Gasteiger partial charge on any atom is -0.319 e. The Balaban J connectivity index is 2.59. The molecule has 0 heterocycles. The summed E-state index contributed by atoms with van der Waals surface area (Å²) in [5.74, 6) is 0. The van der Waals surface area contributed by atoms with Crippen molar-refractivity contribution in [2.75, 3.05) is 13.6 Å². The lowest BCUT2D eigenvalue weighted by atomic mass is 10.2. The number of halogens is 2. The third-order valence-electron chi connectivity index (χ3n) is 1.81. The molecule has 1 N–H and O–H groups in total. The highest BCUT2D eigenvalue weighted by Crippen LogP contribution is 2.23. The lowest BCUT2D eigenvalue weighted by Gasteiger charge is -1.97. The average molecular weight is 275 g/mol. The molecular weight excluding hydrogens is 261 g/mol. The van der Waals surface area contributed by atoms with Crippen molar-refractivity contribution in [1.29, 1.82) is 0 Å². The van der Waals surface area contributed by atoms with Gasteiger partial charge in [0.15, 0.2) is 0 Å². The first-order valence-corrected chi connectivity index (χ1v) is 5.67. The van der Waals surface area contributed by atoms with Crippen LogP contribution in [0.4, 0.5) is 0 Å². The number of rotatable bonds is 4. The van der Waals surface area contributed by atoms with E-state index >= 15 is 0 Å². The molecule has 0 aliphatic heterocycles. The highest BCUT2D eigenvalue weighted by atomic mass is 79.9. The molecule has 1 aromatic rings. The van der Waals surface area contributed by atoms with Gasteiger partial charge in [0.2, 0.25) is 0 Å². The summed E-state index contributed by atoms with van der Waals surface area (Å²) in [7, 11) is 1.95. The smallest absolute Gasteiger partial charge is 0.0548 e. The van der Waals surface area contributed by atoms with Gasteiger partial charge in [0.1, 0.15) is 0 Å². The van der Waals surface area contributed by atoms with Gasteiger partial charge in [0.25, 0.3) is 0 Å². The maximum Gasteiger partial charge on any atom is 0.0548 e. The van der Waals surface area contributed by atoms with Crippen LogP contribution < -0.4 is 5.32 Å². The molecule has 1 nitrogen and oxygen atoms in total. The Kier molecular flexibility index (Phi) is 5.23. The zero-order valence-corrected chi connectivity index (χ0v) is 10.4. The fraction of sp³-hybridized carbons (Fsp3) is 0.273. The van der Waals surface area contributed by atoms with Crippen LogP contribution in [0.1, 0.15) is 12.0 Å². The van der Waals surface area contributed by atoms with E-state index in [0.717, 1.165) is 28.0 Å². The second kappa shape index (κ2) is 6.23. The predicted molar refractivity (Wildman–Crippen MR) is 66.7 cm³/mol. The molecule has 0 aliphatic rings. The molecule has 14 heavy (non-hydrogen) atoms. The number of hydrogen-bond donors (Lipinski definition) is 1. The van der Waals surface area contributed by atoms with Gasteiger partial charge in [-0.1, -0.05) is 29.8 Å². The molecule has 0 unspecified atom stereocenters. The molecule has 0 saturated heterocycles. The zero-order valence-electron chi connectivity index (χ0n) is 8.06. The monoisotopic (exact) mass is 273 g/mol. The van der Waals surface area contributed by atoms with E-state index in [1.165, 1.54) is 0 Å². The molecule has 0 saturated carbocycles. The Morgan fingerprint density at radius 1 is 1.50 bits per heavy atom. The number of nitrogens with one attached hydrogen (secondary N) is 1. The van der Waals surface area contributed by atoms with Crippen molar-refractivity contribution in [3.05, 3.63) is 39.3 Å². The third-order valence-corrected chi connectivity index (χ3v) is 3.03. The van der Waals surface area contributed by atoms with Crippen LogP contribution in [0.5, 0.6) is 0 Å². The maximum absolute atomic E-state index is 5.88. The minimum absolute atomic E-state index is 0.748. The van der Waals surface area contributed by atoms with Crippen LogP contribution in [0.25, 0.3) is 6.08 Å². The first-order chi connectivity index (χ1) is 6.74. The van der Waals surface area contributed by atoms with E-state index in [1.807, 2.05) is 25.2 Å². The van der Waals surface area contributed by atoms with Crippen molar-refractivity contribution < 1.29 is 0 Å². The van der Waals surface area contributed by atoms with Crippen LogP contribution in [-0.4, -0.2) is 13.6 Å². The number of benzene rings is 1. The molecule has 0 spiro atoms. The normalized spacial score (nSPS) is 11.1. The van der Waals surface area contributed by atoms with Gasteiger partial charge in [-0.2, -0.15) is 0 Å². The highest BCUT2D eigenvalue weighted by molar-refractivity contribution is 9.10. The topological polar surface area (TPSA) is 12.0 Å². The average Bonchev–Trinajstić information content (AvgIpc) is 2.18. The fourth-order valence-electron chi connectivity index (χ4n) is 1.06. The first kappa shape index (κ1) is 11.8. The van der Waals surface area contributed by atoms with Crippen molar-refractivity contribution in [2.24, 2.45) is 0 Å². The van der Waals surface area contributed by atoms with Crippen LogP contribution in [0.2, 0.25) is 5.02 Å². The van der Waals surface area contributed by atoms with Gasteiger partial charge in [-0.3, -0.25) is 0 Å². The zero-order chi connectivity index (χ0) is 10.4. The molecule has 1 aromatic carbocycles. The molecule has 0 aromatic heterocycles. The van der Waals surface area contributed by atoms with Crippen molar-refractivity contribution in [1.82, 2.24) is 5.32 Å². The summed E-state index contributed by atoms with van der Waals surface area (Å²) in [5.41, 5.74) is 1.16. The summed E-state index contributed by atoms with van der Waals surface area (Å²) >= 11 is 9.27. The second-order valence-corrected chi connectivity index (χ2v) is 4.23. The predicted octanol–water partition coefficient (Wildman–Crippen LogP) is 3.73. The summed E-state index contributed by atoms with van der Waals surface area (Å²) in [6.07, 6.45) is 5.28. The quantitative estimate of drug-likeness (QED) is 0.825. The van der Waals surface area contributed by atoms with E-state index in [0.29, 0.717) is 0 Å². The van der Waals surface area contributed by atoms with E-state index in [4.69, 9.17) is 11.6 Å². The van der Waals surface area contributed by atoms with E-state index in [-0.39, 0.29) is 0 Å². The molecule has 0 amide bonds. The Hall–Kier alpha value is -0.310. The second-order valence-electron chi connectivity index (χ2n) is 2.97. The SMILES string of the molecule is CNCCC=Cc1ccc(Cl)c(Br)c1. The first-order valence-electron chi connectivity index (χ1n) is 4.50. The molecular formula is C11H13BrClN. The molecule has 3 heteroatoms. The Morgan fingerprint density at radius 2 is 2.29 bits per heavy atom. The van der Waals surface area contributed by atoms with E-state index in [2.05, 4.69) is 33.4 Å². The molecule has 0 atom stereocenters. The van der Waals surface area contributed by atoms with Crippen molar-refractivity contribution in [3.63, 3.8) is 0 Å². The van der Waals surface area contributed by atoms with E-state index in [1.54, 1.807) is 0 Å². The van der Waals surface area contributed by atoms with Gasteiger partial charge in [0.05, 0.1) is 5.02 Å². The molecule has 0 aliphatic carbocycles. The molecule has 0 radical (unpaired) electrons. The molecule has 0 fully saturated rings. The highest BCUT2D eigenvalue weighted by Gasteiger charge is 1.95. The largest absolute Gasteiger partial charge is 0.319 e. The summed E-state index contributed by atoms with van der Waals surface area (Å²) in [5, 5.41) is 3.84. The molecule has 76 valence electrons. The van der Waals surface area contributed by atoms with Crippen LogP contribution in [0.3, 0.4) is 0 Å². The van der Waals surface area contributed by atoms with Crippen molar-refractivity contribution in [3.8, 4) is 0 Å². The Labute approximate surface area is 98.3 Å². The summed E-state index contributed by atoms with van der Waals surface area (Å²) in [6.45, 7) is 1.01. The van der Waals surface area contributed by atoms with Gasteiger partial charge >= 0.3 is 0 Å². The molecule has 0 bridgehead atoms. The number of hydrogen-bond acceptors (Lipinski definition) is 1. The van der Waals surface area contributed by atoms with Crippen LogP contribution in [-0.2, 0) is 0 Å². The maximum atomic E-state index is 5.88. The van der Waals surface area contributed by atoms with E-state index < -0.39 is 0 Å². The summed E-state index contributed by atoms with van der Waals surface area (Å²) < 4.78 is 0.940. The fourth-order valence-corrected chi connectivity index (χ4v) is 1.58. The van der Waals surface area contributed by atoms with Crippen LogP contribution in [0.15, 0.2) is 28.7 Å². The van der Waals surface area contributed by atoms with Crippen LogP contribution in [0, 0.1) is 0 Å². The lowest BCUT2D eigenvalue weighted by Crippen LogP contribution is -2.05. The summed E-state index contributed by atoms with van der Waals surface area (Å²) in [6, 6.07) is 5.91. The summed E-state index contributed by atoms with van der Waals surface area (Å²) in [4.78, 5) is 0. The van der Waals surface area contributed by atoms with Gasteiger partial charge in [-0.25, -0.2) is 0 Å². The van der Waals surface area contributed by atoms with Gasteiger partial charge in [0, 0.05) is 4.47 Å². The molecule has 1 rings (SSSR count). The van der Waals surface area contributed by atoms with E-state index in [9.17, 15) is 0 Å². The van der Waals surface area contributed by atoms with Crippen molar-refractivity contribution in [2.45, 2.75) is 6.42 Å². The Bertz CT molecular complexity index is 323. The van der Waals surface area contributed by atoms with Gasteiger partial charge in [-0.05, 0) is 53.6 Å². The van der Waals surface area contributed by atoms with Crippen LogP contribution >= 0.6 is 27.5 Å². The minimum atomic E-state index is 0.748. The van der Waals surface area contributed by atoms with Gasteiger partial charge < -0.3 is 5.32 Å². The Morgan fingerprint density at radius 3 is 2.93 bits per heavy atom. The third kappa shape index (κ3) is 3.82. The van der Waals surface area contributed by atoms with Gasteiger partial charge in [-0.15, -0.1) is 0 Å².